The first-order chi connectivity index (χ1) is 12.6. The van der Waals surface area contributed by atoms with Crippen LogP contribution in [0.1, 0.15) is 22.3 Å². The highest BCUT2D eigenvalue weighted by Gasteiger charge is 2.09. The third-order valence-corrected chi connectivity index (χ3v) is 5.30. The maximum absolute atomic E-state index is 5.71. The van der Waals surface area contributed by atoms with Crippen LogP contribution in [0.5, 0.6) is 0 Å². The smallest absolute Gasteiger partial charge is 0.0241 e. The topological polar surface area (TPSA) is 29.3 Å². The van der Waals surface area contributed by atoms with Gasteiger partial charge in [0.2, 0.25) is 0 Å². The van der Waals surface area contributed by atoms with E-state index in [2.05, 4.69) is 110 Å². The summed E-state index contributed by atoms with van der Waals surface area (Å²) >= 11 is 7.09. The van der Waals surface area contributed by atoms with Crippen molar-refractivity contribution in [1.29, 1.82) is 0 Å². The van der Waals surface area contributed by atoms with E-state index in [-0.39, 0.29) is 0 Å². The van der Waals surface area contributed by atoms with E-state index in [0.29, 0.717) is 6.54 Å². The summed E-state index contributed by atoms with van der Waals surface area (Å²) < 4.78 is 2.23. The van der Waals surface area contributed by atoms with Crippen molar-refractivity contribution in [3.8, 4) is 0 Å². The van der Waals surface area contributed by atoms with E-state index in [1.54, 1.807) is 0 Å². The molecule has 134 valence electrons. The van der Waals surface area contributed by atoms with Gasteiger partial charge in [0.25, 0.3) is 0 Å². The van der Waals surface area contributed by atoms with Crippen LogP contribution in [0.25, 0.3) is 0 Å². The van der Waals surface area contributed by atoms with Gasteiger partial charge in [-0.1, -0.05) is 80.4 Å². The van der Waals surface area contributed by atoms with Gasteiger partial charge in [-0.15, -0.1) is 0 Å². The summed E-state index contributed by atoms with van der Waals surface area (Å²) in [6.07, 6.45) is 0. The van der Waals surface area contributed by atoms with Crippen molar-refractivity contribution < 1.29 is 0 Å². The van der Waals surface area contributed by atoms with Crippen molar-refractivity contribution in [1.82, 2.24) is 4.90 Å². The fraction of sp³-hybridized carbons (Fsp3) is 0.182. The molecule has 0 fully saturated rings. The zero-order chi connectivity index (χ0) is 18.4. The van der Waals surface area contributed by atoms with Crippen LogP contribution in [0.4, 0.5) is 0 Å². The molecule has 0 amide bonds. The van der Waals surface area contributed by atoms with E-state index in [1.807, 2.05) is 0 Å². The normalized spacial score (nSPS) is 11.1. The zero-order valence-corrected chi connectivity index (χ0v) is 17.7. The summed E-state index contributed by atoms with van der Waals surface area (Å²) in [6.45, 7) is 3.28. The van der Waals surface area contributed by atoms with Gasteiger partial charge < -0.3 is 5.73 Å². The molecule has 0 heterocycles. The average molecular weight is 474 g/mol. The van der Waals surface area contributed by atoms with E-state index in [1.165, 1.54) is 22.3 Å². The van der Waals surface area contributed by atoms with Gasteiger partial charge >= 0.3 is 0 Å². The Labute approximate surface area is 172 Å². The van der Waals surface area contributed by atoms with E-state index in [0.717, 1.165) is 28.6 Å². The van der Waals surface area contributed by atoms with Gasteiger partial charge in [-0.05, 0) is 46.5 Å². The molecule has 3 aromatic rings. The number of halogens is 2. The Hall–Kier alpha value is -1.46. The fourth-order valence-electron chi connectivity index (χ4n) is 2.95. The quantitative estimate of drug-likeness (QED) is 0.464. The number of nitrogens with two attached hydrogens (primary N) is 1. The van der Waals surface area contributed by atoms with Crippen LogP contribution in [0.15, 0.2) is 81.7 Å². The van der Waals surface area contributed by atoms with Crippen LogP contribution in [0, 0.1) is 0 Å². The molecule has 0 radical (unpaired) electrons. The van der Waals surface area contributed by atoms with E-state index in [4.69, 9.17) is 5.73 Å². The molecule has 2 N–H and O–H groups in total. The second kappa shape index (κ2) is 9.47. The predicted octanol–water partition coefficient (Wildman–Crippen LogP) is 5.87. The van der Waals surface area contributed by atoms with Crippen molar-refractivity contribution in [3.63, 3.8) is 0 Å². The molecule has 0 saturated heterocycles. The number of hydrogen-bond donors (Lipinski definition) is 1. The molecule has 0 atom stereocenters. The Morgan fingerprint density at radius 3 is 1.73 bits per heavy atom. The zero-order valence-electron chi connectivity index (χ0n) is 14.5. The second-order valence-electron chi connectivity index (χ2n) is 6.42. The molecule has 4 heteroatoms. The summed E-state index contributed by atoms with van der Waals surface area (Å²) in [5.41, 5.74) is 10.8. The average Bonchev–Trinajstić information content (AvgIpc) is 2.64. The van der Waals surface area contributed by atoms with Crippen LogP contribution >= 0.6 is 31.9 Å². The SMILES string of the molecule is NCc1ccc(CN(Cc2ccc(Br)cc2)Cc2cccc(Br)c2)cc1. The molecule has 3 rings (SSSR count). The Balaban J connectivity index is 1.78. The summed E-state index contributed by atoms with van der Waals surface area (Å²) in [5, 5.41) is 0. The largest absolute Gasteiger partial charge is 0.326 e. The van der Waals surface area contributed by atoms with Crippen LogP contribution in [0.2, 0.25) is 0 Å². The molecule has 0 aromatic heterocycles. The number of rotatable bonds is 7. The van der Waals surface area contributed by atoms with Crippen LogP contribution in [0.3, 0.4) is 0 Å². The molecular weight excluding hydrogens is 452 g/mol. The minimum Gasteiger partial charge on any atom is -0.326 e. The number of nitrogens with zero attached hydrogens (tertiary/aromatic N) is 1. The highest BCUT2D eigenvalue weighted by atomic mass is 79.9. The van der Waals surface area contributed by atoms with Crippen LogP contribution < -0.4 is 5.73 Å². The molecule has 0 aliphatic heterocycles. The Morgan fingerprint density at radius 2 is 1.15 bits per heavy atom. The van der Waals surface area contributed by atoms with E-state index < -0.39 is 0 Å². The Bertz CT molecular complexity index is 830. The van der Waals surface area contributed by atoms with Gasteiger partial charge in [0.05, 0.1) is 0 Å². The van der Waals surface area contributed by atoms with E-state index in [9.17, 15) is 0 Å². The van der Waals surface area contributed by atoms with Gasteiger partial charge in [0, 0.05) is 35.1 Å². The summed E-state index contributed by atoms with van der Waals surface area (Å²) in [5.74, 6) is 0. The first-order valence-electron chi connectivity index (χ1n) is 8.61. The lowest BCUT2D eigenvalue weighted by Gasteiger charge is -2.23. The van der Waals surface area contributed by atoms with Crippen LogP contribution in [-0.2, 0) is 26.2 Å². The second-order valence-corrected chi connectivity index (χ2v) is 8.25. The highest BCUT2D eigenvalue weighted by molar-refractivity contribution is 9.10. The predicted molar refractivity (Wildman–Crippen MR) is 116 cm³/mol. The van der Waals surface area contributed by atoms with Crippen molar-refractivity contribution in [2.45, 2.75) is 26.2 Å². The lowest BCUT2D eigenvalue weighted by molar-refractivity contribution is 0.247. The van der Waals surface area contributed by atoms with Crippen molar-refractivity contribution in [2.75, 3.05) is 0 Å². The van der Waals surface area contributed by atoms with Crippen molar-refractivity contribution in [2.24, 2.45) is 5.73 Å². The molecule has 26 heavy (non-hydrogen) atoms. The standard InChI is InChI=1S/C22H22Br2N2/c23-21-10-8-19(9-11-21)15-26(16-20-2-1-3-22(24)12-20)14-18-6-4-17(13-25)5-7-18/h1-12H,13-16,25H2. The molecule has 0 aliphatic carbocycles. The maximum atomic E-state index is 5.71. The third kappa shape index (κ3) is 5.78. The van der Waals surface area contributed by atoms with Gasteiger partial charge in [0.1, 0.15) is 0 Å². The lowest BCUT2D eigenvalue weighted by atomic mass is 10.1. The first kappa shape index (κ1) is 19.3. The molecule has 0 saturated carbocycles. The monoisotopic (exact) mass is 472 g/mol. The fourth-order valence-corrected chi connectivity index (χ4v) is 3.66. The minimum absolute atomic E-state index is 0.584. The number of benzene rings is 3. The first-order valence-corrected chi connectivity index (χ1v) is 10.2. The molecule has 0 spiro atoms. The Kier molecular flexibility index (Phi) is 7.03. The molecule has 0 unspecified atom stereocenters. The summed E-state index contributed by atoms with van der Waals surface area (Å²) in [7, 11) is 0. The summed E-state index contributed by atoms with van der Waals surface area (Å²) in [6, 6.07) is 25.7. The molecule has 0 aliphatic rings. The van der Waals surface area contributed by atoms with Gasteiger partial charge in [-0.3, -0.25) is 4.90 Å². The minimum atomic E-state index is 0.584. The molecular formula is C22H22Br2N2. The van der Waals surface area contributed by atoms with Crippen molar-refractivity contribution >= 4 is 31.9 Å². The third-order valence-electron chi connectivity index (χ3n) is 4.28. The van der Waals surface area contributed by atoms with Crippen molar-refractivity contribution in [3.05, 3.63) is 104 Å². The number of hydrogen-bond acceptors (Lipinski definition) is 2. The van der Waals surface area contributed by atoms with E-state index >= 15 is 0 Å². The lowest BCUT2D eigenvalue weighted by Crippen LogP contribution is -2.22. The Morgan fingerprint density at radius 1 is 0.615 bits per heavy atom. The van der Waals surface area contributed by atoms with Crippen LogP contribution in [-0.4, -0.2) is 4.90 Å². The molecule has 2 nitrogen and oxygen atoms in total. The molecule has 3 aromatic carbocycles. The van der Waals surface area contributed by atoms with Gasteiger partial charge in [0.15, 0.2) is 0 Å². The highest BCUT2D eigenvalue weighted by Crippen LogP contribution is 2.19. The molecule has 0 bridgehead atoms. The van der Waals surface area contributed by atoms with Gasteiger partial charge in [-0.2, -0.15) is 0 Å². The van der Waals surface area contributed by atoms with Gasteiger partial charge in [-0.25, -0.2) is 0 Å². The maximum Gasteiger partial charge on any atom is 0.0241 e. The summed E-state index contributed by atoms with van der Waals surface area (Å²) in [4.78, 5) is 2.46.